The summed E-state index contributed by atoms with van der Waals surface area (Å²) in [4.78, 5) is 0. The van der Waals surface area contributed by atoms with Crippen LogP contribution in [0.2, 0.25) is 5.02 Å². The summed E-state index contributed by atoms with van der Waals surface area (Å²) in [6, 6.07) is 6.01. The minimum atomic E-state index is -1.01. The second kappa shape index (κ2) is 6.81. The number of rotatable bonds is 4. The monoisotopic (exact) mass is 377 g/mol. The molecular formula is C15H12BrClF3N. The Labute approximate surface area is 134 Å². The lowest BCUT2D eigenvalue weighted by molar-refractivity contribution is 0.503. The normalized spacial score (nSPS) is 12.5. The van der Waals surface area contributed by atoms with E-state index in [4.69, 9.17) is 11.6 Å². The Balaban J connectivity index is 2.52. The molecule has 1 N–H and O–H groups in total. The minimum absolute atomic E-state index is 0.0863. The van der Waals surface area contributed by atoms with Crippen LogP contribution >= 0.6 is 27.5 Å². The Morgan fingerprint density at radius 2 is 1.76 bits per heavy atom. The molecule has 112 valence electrons. The summed E-state index contributed by atoms with van der Waals surface area (Å²) < 4.78 is 40.7. The molecule has 0 aliphatic heterocycles. The molecule has 1 nitrogen and oxygen atoms in total. The van der Waals surface area contributed by atoms with Gasteiger partial charge in [0.1, 0.15) is 5.82 Å². The molecule has 0 aliphatic carbocycles. The fraction of sp³-hybridized carbons (Fsp3) is 0.200. The van der Waals surface area contributed by atoms with Crippen LogP contribution in [0.15, 0.2) is 34.8 Å². The lowest BCUT2D eigenvalue weighted by Gasteiger charge is -2.20. The van der Waals surface area contributed by atoms with Crippen molar-refractivity contribution in [3.8, 4) is 0 Å². The van der Waals surface area contributed by atoms with Gasteiger partial charge < -0.3 is 5.32 Å². The molecule has 0 saturated heterocycles. The van der Waals surface area contributed by atoms with Crippen molar-refractivity contribution < 1.29 is 13.2 Å². The van der Waals surface area contributed by atoms with E-state index in [0.717, 1.165) is 12.1 Å². The first kappa shape index (κ1) is 16.3. The van der Waals surface area contributed by atoms with Gasteiger partial charge in [0.2, 0.25) is 0 Å². The quantitative estimate of drug-likeness (QED) is 0.719. The van der Waals surface area contributed by atoms with E-state index in [2.05, 4.69) is 21.2 Å². The molecule has 6 heteroatoms. The standard InChI is InChI=1S/C15H12BrClF3N/c1-2-21-15(8-3-4-10(16)12(18)5-8)9-6-13(19)14(20)7-11(9)17/h3-7,15,21H,2H2,1H3. The Morgan fingerprint density at radius 3 is 2.38 bits per heavy atom. The molecule has 1 atom stereocenters. The molecule has 21 heavy (non-hydrogen) atoms. The van der Waals surface area contributed by atoms with Gasteiger partial charge >= 0.3 is 0 Å². The predicted molar refractivity (Wildman–Crippen MR) is 81.0 cm³/mol. The lowest BCUT2D eigenvalue weighted by atomic mass is 9.98. The van der Waals surface area contributed by atoms with E-state index in [9.17, 15) is 13.2 Å². The molecule has 2 aromatic carbocycles. The smallest absolute Gasteiger partial charge is 0.160 e. The van der Waals surface area contributed by atoms with Crippen LogP contribution in [-0.4, -0.2) is 6.54 Å². The molecule has 2 aromatic rings. The second-order valence-electron chi connectivity index (χ2n) is 4.45. The average molecular weight is 379 g/mol. The van der Waals surface area contributed by atoms with Crippen LogP contribution in [0.5, 0.6) is 0 Å². The Bertz CT molecular complexity index is 664. The SMILES string of the molecule is CCNC(c1ccc(Br)c(F)c1)c1cc(F)c(F)cc1Cl. The molecule has 0 bridgehead atoms. The molecule has 0 heterocycles. The summed E-state index contributed by atoms with van der Waals surface area (Å²) in [7, 11) is 0. The van der Waals surface area contributed by atoms with Crippen molar-refractivity contribution >= 4 is 27.5 Å². The van der Waals surface area contributed by atoms with Crippen LogP contribution in [-0.2, 0) is 0 Å². The number of benzene rings is 2. The molecule has 2 rings (SSSR count). The van der Waals surface area contributed by atoms with Gasteiger partial charge in [-0.2, -0.15) is 0 Å². The third-order valence-electron chi connectivity index (χ3n) is 3.04. The van der Waals surface area contributed by atoms with Crippen LogP contribution in [0.1, 0.15) is 24.1 Å². The van der Waals surface area contributed by atoms with Crippen molar-refractivity contribution in [2.45, 2.75) is 13.0 Å². The maximum absolute atomic E-state index is 13.7. The van der Waals surface area contributed by atoms with Crippen LogP contribution in [0, 0.1) is 17.5 Å². The Kier molecular flexibility index (Phi) is 5.30. The van der Waals surface area contributed by atoms with E-state index in [0.29, 0.717) is 22.1 Å². The zero-order chi connectivity index (χ0) is 15.6. The zero-order valence-electron chi connectivity index (χ0n) is 11.1. The summed E-state index contributed by atoms with van der Waals surface area (Å²) in [5.74, 6) is -2.44. The highest BCUT2D eigenvalue weighted by atomic mass is 79.9. The van der Waals surface area contributed by atoms with E-state index in [-0.39, 0.29) is 5.02 Å². The van der Waals surface area contributed by atoms with Crippen LogP contribution < -0.4 is 5.32 Å². The largest absolute Gasteiger partial charge is 0.306 e. The van der Waals surface area contributed by atoms with Crippen LogP contribution in [0.4, 0.5) is 13.2 Å². The number of halogens is 5. The van der Waals surface area contributed by atoms with Crippen molar-refractivity contribution in [3.63, 3.8) is 0 Å². The van der Waals surface area contributed by atoms with Gasteiger partial charge in [-0.15, -0.1) is 0 Å². The fourth-order valence-corrected chi connectivity index (χ4v) is 2.57. The lowest BCUT2D eigenvalue weighted by Crippen LogP contribution is -2.22. The van der Waals surface area contributed by atoms with E-state index >= 15 is 0 Å². The number of nitrogens with one attached hydrogen (secondary N) is 1. The van der Waals surface area contributed by atoms with E-state index in [1.165, 1.54) is 6.07 Å². The highest BCUT2D eigenvalue weighted by Gasteiger charge is 2.20. The zero-order valence-corrected chi connectivity index (χ0v) is 13.4. The number of hydrogen-bond donors (Lipinski definition) is 1. The average Bonchev–Trinajstić information content (AvgIpc) is 2.44. The first-order valence-electron chi connectivity index (χ1n) is 6.26. The van der Waals surface area contributed by atoms with Crippen molar-refractivity contribution in [2.75, 3.05) is 6.54 Å². The molecule has 0 radical (unpaired) electrons. The van der Waals surface area contributed by atoms with Crippen LogP contribution in [0.3, 0.4) is 0 Å². The first-order valence-corrected chi connectivity index (χ1v) is 7.44. The Hall–Kier alpha value is -1.04. The maximum atomic E-state index is 13.7. The van der Waals surface area contributed by atoms with Crippen molar-refractivity contribution in [3.05, 3.63) is 68.4 Å². The van der Waals surface area contributed by atoms with Crippen molar-refractivity contribution in [1.29, 1.82) is 0 Å². The topological polar surface area (TPSA) is 12.0 Å². The molecule has 0 saturated carbocycles. The van der Waals surface area contributed by atoms with Gasteiger partial charge in [-0.1, -0.05) is 24.6 Å². The fourth-order valence-electron chi connectivity index (χ4n) is 2.06. The van der Waals surface area contributed by atoms with Crippen molar-refractivity contribution in [2.24, 2.45) is 0 Å². The van der Waals surface area contributed by atoms with Gasteiger partial charge in [-0.05, 0) is 57.9 Å². The van der Waals surface area contributed by atoms with E-state index in [1.54, 1.807) is 12.1 Å². The second-order valence-corrected chi connectivity index (χ2v) is 5.71. The third kappa shape index (κ3) is 3.59. The van der Waals surface area contributed by atoms with Gasteiger partial charge in [0, 0.05) is 5.02 Å². The molecule has 0 fully saturated rings. The Morgan fingerprint density at radius 1 is 1.10 bits per heavy atom. The highest BCUT2D eigenvalue weighted by molar-refractivity contribution is 9.10. The first-order chi connectivity index (χ1) is 9.93. The molecule has 0 aliphatic rings. The summed E-state index contributed by atoms with van der Waals surface area (Å²) >= 11 is 9.08. The molecule has 0 amide bonds. The maximum Gasteiger partial charge on any atom is 0.160 e. The molecule has 0 aromatic heterocycles. The summed E-state index contributed by atoms with van der Waals surface area (Å²) in [6.07, 6.45) is 0. The molecule has 1 unspecified atom stereocenters. The summed E-state index contributed by atoms with van der Waals surface area (Å²) in [6.45, 7) is 2.41. The molecule has 0 spiro atoms. The highest BCUT2D eigenvalue weighted by Crippen LogP contribution is 2.31. The summed E-state index contributed by atoms with van der Waals surface area (Å²) in [5, 5.41) is 3.18. The number of hydrogen-bond acceptors (Lipinski definition) is 1. The third-order valence-corrected chi connectivity index (χ3v) is 4.01. The van der Waals surface area contributed by atoms with Crippen molar-refractivity contribution in [1.82, 2.24) is 5.32 Å². The van der Waals surface area contributed by atoms with Gasteiger partial charge in [0.15, 0.2) is 11.6 Å². The van der Waals surface area contributed by atoms with Gasteiger partial charge in [0.05, 0.1) is 10.5 Å². The minimum Gasteiger partial charge on any atom is -0.306 e. The van der Waals surface area contributed by atoms with Gasteiger partial charge in [-0.25, -0.2) is 13.2 Å². The molecular weight excluding hydrogens is 367 g/mol. The van der Waals surface area contributed by atoms with Crippen LogP contribution in [0.25, 0.3) is 0 Å². The van der Waals surface area contributed by atoms with E-state index in [1.807, 2.05) is 6.92 Å². The van der Waals surface area contributed by atoms with Gasteiger partial charge in [-0.3, -0.25) is 0 Å². The summed E-state index contributed by atoms with van der Waals surface area (Å²) in [5.41, 5.74) is 0.935. The van der Waals surface area contributed by atoms with Gasteiger partial charge in [0.25, 0.3) is 0 Å². The predicted octanol–water partition coefficient (Wildman–Crippen LogP) is 5.22. The van der Waals surface area contributed by atoms with E-state index < -0.39 is 23.5 Å².